The molecule has 2 aromatic heterocycles. The SMILES string of the molecule is Cc1c(C(=O)N2CCC3(CC2)OCCc2ccsc23)[nH]c2c1C(=O)CCC2. The Hall–Kier alpha value is -1.92. The van der Waals surface area contributed by atoms with E-state index in [4.69, 9.17) is 4.74 Å². The van der Waals surface area contributed by atoms with E-state index < -0.39 is 0 Å². The van der Waals surface area contributed by atoms with Gasteiger partial charge in [0.1, 0.15) is 11.3 Å². The standard InChI is InChI=1S/C21H24N2O3S/c1-13-17-15(3-2-4-16(17)24)22-18(13)20(25)23-9-7-21(8-10-23)19-14(5-11-26-21)6-12-27-19/h6,12,22H,2-5,7-11H2,1H3. The molecule has 1 saturated heterocycles. The maximum Gasteiger partial charge on any atom is 0.270 e. The summed E-state index contributed by atoms with van der Waals surface area (Å²) >= 11 is 1.79. The van der Waals surface area contributed by atoms with Gasteiger partial charge in [0.15, 0.2) is 5.78 Å². The van der Waals surface area contributed by atoms with Gasteiger partial charge in [0.2, 0.25) is 0 Å². The van der Waals surface area contributed by atoms with Gasteiger partial charge in [0, 0.05) is 35.6 Å². The first kappa shape index (κ1) is 17.2. The fraction of sp³-hybridized carbons (Fsp3) is 0.524. The fourth-order valence-corrected chi connectivity index (χ4v) is 6.11. The molecule has 0 atom stereocenters. The zero-order valence-electron chi connectivity index (χ0n) is 15.6. The van der Waals surface area contributed by atoms with Crippen LogP contribution in [-0.2, 0) is 23.2 Å². The average Bonchev–Trinajstić information content (AvgIpc) is 3.28. The van der Waals surface area contributed by atoms with Gasteiger partial charge in [-0.05, 0) is 61.6 Å². The highest BCUT2D eigenvalue weighted by Crippen LogP contribution is 2.44. The molecule has 0 saturated carbocycles. The quantitative estimate of drug-likeness (QED) is 0.817. The summed E-state index contributed by atoms with van der Waals surface area (Å²) in [5.41, 5.74) is 4.34. The van der Waals surface area contributed by atoms with Crippen LogP contribution < -0.4 is 0 Å². The number of carbonyl (C=O) groups is 2. The number of aryl methyl sites for hydroxylation is 1. The van der Waals surface area contributed by atoms with Gasteiger partial charge in [-0.3, -0.25) is 9.59 Å². The molecule has 4 heterocycles. The van der Waals surface area contributed by atoms with Crippen molar-refractivity contribution in [3.8, 4) is 0 Å². The van der Waals surface area contributed by atoms with Crippen molar-refractivity contribution in [3.63, 3.8) is 0 Å². The van der Waals surface area contributed by atoms with E-state index in [9.17, 15) is 9.59 Å². The average molecular weight is 385 g/mol. The van der Waals surface area contributed by atoms with Gasteiger partial charge >= 0.3 is 0 Å². The first-order chi connectivity index (χ1) is 13.1. The van der Waals surface area contributed by atoms with Crippen molar-refractivity contribution in [1.82, 2.24) is 9.88 Å². The van der Waals surface area contributed by atoms with E-state index in [0.29, 0.717) is 25.2 Å². The Morgan fingerprint density at radius 3 is 2.85 bits per heavy atom. The van der Waals surface area contributed by atoms with Crippen LogP contribution in [0, 0.1) is 6.92 Å². The number of nitrogens with zero attached hydrogens (tertiary/aromatic N) is 1. The number of hydrogen-bond donors (Lipinski definition) is 1. The van der Waals surface area contributed by atoms with Crippen molar-refractivity contribution in [2.24, 2.45) is 0 Å². The highest BCUT2D eigenvalue weighted by molar-refractivity contribution is 7.10. The summed E-state index contributed by atoms with van der Waals surface area (Å²) in [7, 11) is 0. The van der Waals surface area contributed by atoms with Crippen LogP contribution in [0.1, 0.15) is 68.2 Å². The minimum Gasteiger partial charge on any atom is -0.369 e. The van der Waals surface area contributed by atoms with Crippen molar-refractivity contribution in [2.75, 3.05) is 19.7 Å². The summed E-state index contributed by atoms with van der Waals surface area (Å²) in [4.78, 5) is 32.0. The van der Waals surface area contributed by atoms with E-state index in [1.807, 2.05) is 11.8 Å². The second kappa shape index (κ2) is 6.31. The molecule has 2 aromatic rings. The Kier molecular flexibility index (Phi) is 4.02. The van der Waals surface area contributed by atoms with E-state index in [1.54, 1.807) is 11.3 Å². The Bertz CT molecular complexity index is 918. The second-order valence-corrected chi connectivity index (χ2v) is 8.83. The summed E-state index contributed by atoms with van der Waals surface area (Å²) in [6.45, 7) is 4.04. The molecule has 2 aliphatic heterocycles. The summed E-state index contributed by atoms with van der Waals surface area (Å²) in [6.07, 6.45) is 4.98. The summed E-state index contributed by atoms with van der Waals surface area (Å²) in [6, 6.07) is 2.21. The lowest BCUT2D eigenvalue weighted by Crippen LogP contribution is -2.48. The highest BCUT2D eigenvalue weighted by Gasteiger charge is 2.43. The molecule has 27 heavy (non-hydrogen) atoms. The third-order valence-corrected chi connectivity index (χ3v) is 7.56. The summed E-state index contributed by atoms with van der Waals surface area (Å²) < 4.78 is 6.25. The van der Waals surface area contributed by atoms with Crippen LogP contribution in [0.2, 0.25) is 0 Å². The summed E-state index contributed by atoms with van der Waals surface area (Å²) in [5, 5.41) is 2.16. The number of amides is 1. The van der Waals surface area contributed by atoms with Gasteiger partial charge in [-0.25, -0.2) is 0 Å². The number of ether oxygens (including phenoxy) is 1. The molecule has 0 bridgehead atoms. The van der Waals surface area contributed by atoms with Gasteiger partial charge in [-0.1, -0.05) is 0 Å². The predicted molar refractivity (Wildman–Crippen MR) is 104 cm³/mol. The van der Waals surface area contributed by atoms with Gasteiger partial charge < -0.3 is 14.6 Å². The normalized spacial score (nSPS) is 21.2. The predicted octanol–water partition coefficient (Wildman–Crippen LogP) is 3.61. The molecule has 1 N–H and O–H groups in total. The minimum atomic E-state index is -0.210. The van der Waals surface area contributed by atoms with Crippen LogP contribution in [0.5, 0.6) is 0 Å². The lowest BCUT2D eigenvalue weighted by molar-refractivity contribution is -0.0906. The number of Topliss-reactive ketones (excluding diaryl/α,β-unsaturated/α-hetero) is 1. The Balaban J connectivity index is 1.37. The van der Waals surface area contributed by atoms with Crippen LogP contribution in [0.15, 0.2) is 11.4 Å². The van der Waals surface area contributed by atoms with Crippen LogP contribution in [0.4, 0.5) is 0 Å². The third kappa shape index (κ3) is 2.61. The number of ketones is 1. The van der Waals surface area contributed by atoms with E-state index in [-0.39, 0.29) is 17.3 Å². The number of piperidine rings is 1. The molecule has 142 valence electrons. The van der Waals surface area contributed by atoms with Crippen LogP contribution in [0.25, 0.3) is 0 Å². The molecule has 3 aliphatic rings. The Morgan fingerprint density at radius 2 is 2.07 bits per heavy atom. The smallest absolute Gasteiger partial charge is 0.270 e. The number of fused-ring (bicyclic) bond motifs is 3. The highest BCUT2D eigenvalue weighted by atomic mass is 32.1. The van der Waals surface area contributed by atoms with Crippen LogP contribution in [-0.4, -0.2) is 41.3 Å². The molecule has 0 aromatic carbocycles. The number of aromatic amines is 1. The van der Waals surface area contributed by atoms with Crippen molar-refractivity contribution in [2.45, 2.75) is 51.0 Å². The van der Waals surface area contributed by atoms with Gasteiger partial charge in [0.05, 0.1) is 6.61 Å². The van der Waals surface area contributed by atoms with Crippen LogP contribution in [0.3, 0.4) is 0 Å². The lowest BCUT2D eigenvalue weighted by Gasteiger charge is -2.43. The van der Waals surface area contributed by atoms with Gasteiger partial charge in [-0.15, -0.1) is 11.3 Å². The number of nitrogens with one attached hydrogen (secondary N) is 1. The molecular formula is C21H24N2O3S. The van der Waals surface area contributed by atoms with Crippen molar-refractivity contribution < 1.29 is 14.3 Å². The Labute approximate surface area is 162 Å². The molecule has 1 amide bonds. The van der Waals surface area contributed by atoms with Crippen molar-refractivity contribution >= 4 is 23.0 Å². The Morgan fingerprint density at radius 1 is 1.26 bits per heavy atom. The number of aromatic nitrogens is 1. The number of thiophene rings is 1. The molecular weight excluding hydrogens is 360 g/mol. The lowest BCUT2D eigenvalue weighted by atomic mass is 9.85. The maximum absolute atomic E-state index is 13.2. The number of carbonyl (C=O) groups excluding carboxylic acids is 2. The fourth-order valence-electron chi connectivity index (χ4n) is 4.94. The molecule has 0 radical (unpaired) electrons. The minimum absolute atomic E-state index is 0.0202. The molecule has 1 spiro atoms. The second-order valence-electron chi connectivity index (χ2n) is 7.92. The molecule has 0 unspecified atom stereocenters. The molecule has 1 aliphatic carbocycles. The molecule has 5 nitrogen and oxygen atoms in total. The zero-order chi connectivity index (χ0) is 18.6. The van der Waals surface area contributed by atoms with Gasteiger partial charge in [-0.2, -0.15) is 0 Å². The van der Waals surface area contributed by atoms with E-state index in [2.05, 4.69) is 16.4 Å². The molecule has 1 fully saturated rings. The molecule has 5 rings (SSSR count). The van der Waals surface area contributed by atoms with Crippen molar-refractivity contribution in [3.05, 3.63) is 44.4 Å². The first-order valence-electron chi connectivity index (χ1n) is 9.84. The summed E-state index contributed by atoms with van der Waals surface area (Å²) in [5.74, 6) is 0.189. The first-order valence-corrected chi connectivity index (χ1v) is 10.7. The van der Waals surface area contributed by atoms with Crippen molar-refractivity contribution in [1.29, 1.82) is 0 Å². The van der Waals surface area contributed by atoms with Crippen LogP contribution >= 0.6 is 11.3 Å². The number of likely N-dealkylation sites (tertiary alicyclic amines) is 1. The maximum atomic E-state index is 13.2. The third-order valence-electron chi connectivity index (χ3n) is 6.42. The topological polar surface area (TPSA) is 62.4 Å². The molecule has 6 heteroatoms. The van der Waals surface area contributed by atoms with E-state index in [1.165, 1.54) is 10.4 Å². The number of H-pyrrole nitrogens is 1. The monoisotopic (exact) mass is 384 g/mol. The van der Waals surface area contributed by atoms with Gasteiger partial charge in [0.25, 0.3) is 5.91 Å². The largest absolute Gasteiger partial charge is 0.369 e. The number of hydrogen-bond acceptors (Lipinski definition) is 4. The number of rotatable bonds is 1. The van der Waals surface area contributed by atoms with E-state index >= 15 is 0 Å². The zero-order valence-corrected chi connectivity index (χ0v) is 16.4. The van der Waals surface area contributed by atoms with E-state index in [0.717, 1.165) is 55.5 Å².